The smallest absolute Gasteiger partial charge is 0.257 e. The number of hydrogen-bond donors (Lipinski definition) is 1. The number of benzene rings is 2. The number of amides is 1. The quantitative estimate of drug-likeness (QED) is 0.655. The fraction of sp³-hybridized carbons (Fsp3) is 0.158. The SMILES string of the molecule is COc1ccc(-n2nc3c(c2NC(=O)c2ccccc2Br)CSC3)cc1. The molecule has 0 atom stereocenters. The topological polar surface area (TPSA) is 56.1 Å². The van der Waals surface area contributed by atoms with E-state index < -0.39 is 0 Å². The van der Waals surface area contributed by atoms with Crippen molar-refractivity contribution in [1.82, 2.24) is 9.78 Å². The number of rotatable bonds is 4. The van der Waals surface area contributed by atoms with Crippen LogP contribution in [0.3, 0.4) is 0 Å². The lowest BCUT2D eigenvalue weighted by Gasteiger charge is -2.12. The lowest BCUT2D eigenvalue weighted by molar-refractivity contribution is 0.102. The maximum atomic E-state index is 12.8. The molecule has 7 heteroatoms. The van der Waals surface area contributed by atoms with Crippen molar-refractivity contribution in [2.24, 2.45) is 0 Å². The van der Waals surface area contributed by atoms with E-state index in [9.17, 15) is 4.79 Å². The number of aromatic nitrogens is 2. The Morgan fingerprint density at radius 3 is 2.69 bits per heavy atom. The van der Waals surface area contributed by atoms with Gasteiger partial charge in [0.1, 0.15) is 11.6 Å². The molecule has 0 spiro atoms. The van der Waals surface area contributed by atoms with Gasteiger partial charge in [-0.25, -0.2) is 4.68 Å². The number of anilines is 1. The maximum absolute atomic E-state index is 12.8. The van der Waals surface area contributed by atoms with Crippen LogP contribution in [0, 0.1) is 0 Å². The van der Waals surface area contributed by atoms with E-state index in [0.29, 0.717) is 5.56 Å². The molecule has 0 unspecified atom stereocenters. The molecule has 0 aliphatic carbocycles. The first-order valence-corrected chi connectivity index (χ1v) is 10.0. The van der Waals surface area contributed by atoms with Gasteiger partial charge in [-0.15, -0.1) is 0 Å². The summed E-state index contributed by atoms with van der Waals surface area (Å²) in [7, 11) is 1.64. The molecular weight excluding hydrogens is 414 g/mol. The van der Waals surface area contributed by atoms with Crippen LogP contribution in [0.25, 0.3) is 5.69 Å². The number of nitrogens with zero attached hydrogens (tertiary/aromatic N) is 2. The van der Waals surface area contributed by atoms with Crippen molar-refractivity contribution in [2.75, 3.05) is 12.4 Å². The van der Waals surface area contributed by atoms with E-state index in [2.05, 4.69) is 21.2 Å². The zero-order valence-electron chi connectivity index (χ0n) is 14.0. The summed E-state index contributed by atoms with van der Waals surface area (Å²) in [5, 5.41) is 7.78. The predicted octanol–water partition coefficient (Wildman–Crippen LogP) is 4.64. The summed E-state index contributed by atoms with van der Waals surface area (Å²) in [5.41, 5.74) is 3.58. The standard InChI is InChI=1S/C19H16BrN3O2S/c1-25-13-8-6-12(7-9-13)23-18(15-10-26-11-17(15)22-23)21-19(24)14-4-2-3-5-16(14)20/h2-9H,10-11H2,1H3,(H,21,24). The van der Waals surface area contributed by atoms with Crippen LogP contribution in [0.5, 0.6) is 5.75 Å². The lowest BCUT2D eigenvalue weighted by Crippen LogP contribution is -2.16. The highest BCUT2D eigenvalue weighted by atomic mass is 79.9. The van der Waals surface area contributed by atoms with Gasteiger partial charge in [0.25, 0.3) is 5.91 Å². The second-order valence-electron chi connectivity index (χ2n) is 5.81. The molecule has 0 saturated heterocycles. The van der Waals surface area contributed by atoms with Gasteiger partial charge in [-0.2, -0.15) is 16.9 Å². The fourth-order valence-corrected chi connectivity index (χ4v) is 4.37. The van der Waals surface area contributed by atoms with Gasteiger partial charge in [0, 0.05) is 21.5 Å². The average Bonchev–Trinajstić information content (AvgIpc) is 3.25. The number of methoxy groups -OCH3 is 1. The van der Waals surface area contributed by atoms with Crippen molar-refractivity contribution in [1.29, 1.82) is 0 Å². The van der Waals surface area contributed by atoms with Crippen LogP contribution in [0.2, 0.25) is 0 Å². The number of ether oxygens (including phenoxy) is 1. The summed E-state index contributed by atoms with van der Waals surface area (Å²) < 4.78 is 7.79. The molecule has 0 saturated carbocycles. The second-order valence-corrected chi connectivity index (χ2v) is 7.65. The van der Waals surface area contributed by atoms with Gasteiger partial charge < -0.3 is 10.1 Å². The Kier molecular flexibility index (Phi) is 4.74. The molecule has 26 heavy (non-hydrogen) atoms. The second kappa shape index (κ2) is 7.17. The number of halogens is 1. The Hall–Kier alpha value is -2.25. The van der Waals surface area contributed by atoms with Crippen LogP contribution >= 0.6 is 27.7 Å². The van der Waals surface area contributed by atoms with Crippen LogP contribution in [-0.4, -0.2) is 22.8 Å². The van der Waals surface area contributed by atoms with Gasteiger partial charge in [0.2, 0.25) is 0 Å². The molecule has 4 rings (SSSR count). The number of thioether (sulfide) groups is 1. The molecule has 2 heterocycles. The fourth-order valence-electron chi connectivity index (χ4n) is 2.87. The first kappa shape index (κ1) is 17.2. The monoisotopic (exact) mass is 429 g/mol. The van der Waals surface area contributed by atoms with E-state index in [1.807, 2.05) is 42.5 Å². The van der Waals surface area contributed by atoms with E-state index in [-0.39, 0.29) is 5.91 Å². The van der Waals surface area contributed by atoms with Crippen LogP contribution in [0.15, 0.2) is 53.0 Å². The molecule has 1 aliphatic rings. The average molecular weight is 430 g/mol. The third-order valence-electron chi connectivity index (χ3n) is 4.22. The first-order chi connectivity index (χ1) is 12.7. The van der Waals surface area contributed by atoms with Crippen molar-refractivity contribution in [3.05, 3.63) is 69.8 Å². The van der Waals surface area contributed by atoms with Crippen LogP contribution in [0.4, 0.5) is 5.82 Å². The highest BCUT2D eigenvalue weighted by Gasteiger charge is 2.25. The zero-order valence-corrected chi connectivity index (χ0v) is 16.4. The summed E-state index contributed by atoms with van der Waals surface area (Å²) in [4.78, 5) is 12.8. The summed E-state index contributed by atoms with van der Waals surface area (Å²) >= 11 is 5.24. The molecule has 1 amide bonds. The molecule has 1 N–H and O–H groups in total. The van der Waals surface area contributed by atoms with E-state index in [4.69, 9.17) is 9.84 Å². The molecule has 0 bridgehead atoms. The molecular formula is C19H16BrN3O2S. The summed E-state index contributed by atoms with van der Waals surface area (Å²) in [6.07, 6.45) is 0. The van der Waals surface area contributed by atoms with Gasteiger partial charge >= 0.3 is 0 Å². The van der Waals surface area contributed by atoms with Crippen molar-refractivity contribution >= 4 is 39.4 Å². The van der Waals surface area contributed by atoms with E-state index in [1.165, 1.54) is 0 Å². The molecule has 3 aromatic rings. The zero-order chi connectivity index (χ0) is 18.1. The number of carbonyl (C=O) groups excluding carboxylic acids is 1. The molecule has 2 aromatic carbocycles. The Morgan fingerprint density at radius 1 is 1.19 bits per heavy atom. The van der Waals surface area contributed by atoms with Gasteiger partial charge in [-0.3, -0.25) is 4.79 Å². The third-order valence-corrected chi connectivity index (χ3v) is 5.88. The Labute approximate surface area is 163 Å². The van der Waals surface area contributed by atoms with E-state index in [1.54, 1.807) is 29.6 Å². The minimum Gasteiger partial charge on any atom is -0.497 e. The van der Waals surface area contributed by atoms with Crippen molar-refractivity contribution in [3.63, 3.8) is 0 Å². The summed E-state index contributed by atoms with van der Waals surface area (Å²) in [5.74, 6) is 3.05. The molecule has 0 radical (unpaired) electrons. The van der Waals surface area contributed by atoms with Crippen LogP contribution in [-0.2, 0) is 11.5 Å². The van der Waals surface area contributed by atoms with E-state index in [0.717, 1.165) is 44.5 Å². The van der Waals surface area contributed by atoms with Gasteiger partial charge in [0.15, 0.2) is 0 Å². The van der Waals surface area contributed by atoms with Crippen molar-refractivity contribution in [3.8, 4) is 11.4 Å². The Morgan fingerprint density at radius 2 is 1.96 bits per heavy atom. The summed E-state index contributed by atoms with van der Waals surface area (Å²) in [6, 6.07) is 15.0. The molecule has 0 fully saturated rings. The summed E-state index contributed by atoms with van der Waals surface area (Å²) in [6.45, 7) is 0. The Balaban J connectivity index is 1.73. The van der Waals surface area contributed by atoms with Gasteiger partial charge in [0.05, 0.1) is 24.1 Å². The molecule has 132 valence electrons. The van der Waals surface area contributed by atoms with Crippen LogP contribution in [0.1, 0.15) is 21.6 Å². The van der Waals surface area contributed by atoms with Crippen molar-refractivity contribution < 1.29 is 9.53 Å². The highest BCUT2D eigenvalue weighted by molar-refractivity contribution is 9.10. The van der Waals surface area contributed by atoms with Gasteiger partial charge in [-0.05, 0) is 52.3 Å². The number of hydrogen-bond acceptors (Lipinski definition) is 4. The molecule has 1 aromatic heterocycles. The number of fused-ring (bicyclic) bond motifs is 1. The number of nitrogens with one attached hydrogen (secondary N) is 1. The lowest BCUT2D eigenvalue weighted by atomic mass is 10.2. The predicted molar refractivity (Wildman–Crippen MR) is 107 cm³/mol. The van der Waals surface area contributed by atoms with Crippen LogP contribution < -0.4 is 10.1 Å². The normalized spacial score (nSPS) is 12.7. The minimum atomic E-state index is -0.160. The maximum Gasteiger partial charge on any atom is 0.257 e. The largest absolute Gasteiger partial charge is 0.497 e. The third kappa shape index (κ3) is 3.12. The molecule has 1 aliphatic heterocycles. The van der Waals surface area contributed by atoms with Gasteiger partial charge in [-0.1, -0.05) is 12.1 Å². The Bertz CT molecular complexity index is 969. The minimum absolute atomic E-state index is 0.160. The highest BCUT2D eigenvalue weighted by Crippen LogP contribution is 2.36. The first-order valence-electron chi connectivity index (χ1n) is 8.06. The number of carbonyl (C=O) groups is 1. The molecule has 5 nitrogen and oxygen atoms in total. The van der Waals surface area contributed by atoms with Crippen molar-refractivity contribution in [2.45, 2.75) is 11.5 Å². The van der Waals surface area contributed by atoms with E-state index >= 15 is 0 Å².